The molecule has 0 radical (unpaired) electrons. The third-order valence-electron chi connectivity index (χ3n) is 8.41. The van der Waals surface area contributed by atoms with Crippen LogP contribution in [0.15, 0.2) is 102 Å². The van der Waals surface area contributed by atoms with Gasteiger partial charge >= 0.3 is 0 Å². The second-order valence-corrected chi connectivity index (χ2v) is 12.3. The lowest BCUT2D eigenvalue weighted by molar-refractivity contribution is 0.0950. The minimum atomic E-state index is -0.372. The number of hydrogen-bond donors (Lipinski definition) is 6. The first kappa shape index (κ1) is 39.4. The average Bonchev–Trinajstić information content (AvgIpc) is 3.68. The van der Waals surface area contributed by atoms with E-state index < -0.39 is 0 Å². The second-order valence-electron chi connectivity index (χ2n) is 12.3. The van der Waals surface area contributed by atoms with E-state index in [1.165, 1.54) is 14.1 Å². The smallest absolute Gasteiger partial charge is 0.273 e. The highest BCUT2D eigenvalue weighted by Crippen LogP contribution is 2.31. The fourth-order valence-electron chi connectivity index (χ4n) is 5.41. The molecule has 290 valence electrons. The number of pyridine rings is 2. The summed E-state index contributed by atoms with van der Waals surface area (Å²) in [6, 6.07) is 27.5. The van der Waals surface area contributed by atoms with Gasteiger partial charge in [0.15, 0.2) is 23.0 Å². The van der Waals surface area contributed by atoms with Crippen LogP contribution in [0.5, 0.6) is 0 Å². The van der Waals surface area contributed by atoms with Gasteiger partial charge in [-0.1, -0.05) is 35.5 Å². The zero-order valence-electron chi connectivity index (χ0n) is 32.0. The van der Waals surface area contributed by atoms with E-state index in [1.807, 2.05) is 68.4 Å². The maximum Gasteiger partial charge on any atom is 0.273 e. The van der Waals surface area contributed by atoms with E-state index in [4.69, 9.17) is 4.52 Å². The summed E-state index contributed by atoms with van der Waals surface area (Å²) < 4.78 is 5.10. The van der Waals surface area contributed by atoms with Gasteiger partial charge < -0.3 is 36.4 Å². The van der Waals surface area contributed by atoms with Crippen LogP contribution >= 0.6 is 0 Å². The molecule has 0 aliphatic rings. The Bertz CT molecular complexity index is 2590. The van der Waals surface area contributed by atoms with Gasteiger partial charge in [-0.25, -0.2) is 9.97 Å². The van der Waals surface area contributed by atoms with Crippen LogP contribution in [0.3, 0.4) is 0 Å². The SMILES string of the molecule is CNC(=O)c1nnc(Nc2ccccn2)cc1Nc1cccc(-c2noc(C)n2)c1C.CNC(=O)c1nnc(Nc2ccccn2)cc1Nc1cccc(C#N)c1C. The number of nitrogens with one attached hydrogen (secondary N) is 6. The summed E-state index contributed by atoms with van der Waals surface area (Å²) in [7, 11) is 3.06. The van der Waals surface area contributed by atoms with Crippen molar-refractivity contribution in [2.75, 3.05) is 35.4 Å². The van der Waals surface area contributed by atoms with E-state index in [9.17, 15) is 14.9 Å². The zero-order chi connectivity index (χ0) is 41.0. The number of nitrogens with zero attached hydrogens (tertiary/aromatic N) is 9. The van der Waals surface area contributed by atoms with Crippen molar-refractivity contribution in [2.24, 2.45) is 0 Å². The highest BCUT2D eigenvalue weighted by Gasteiger charge is 2.19. The van der Waals surface area contributed by atoms with Crippen molar-refractivity contribution in [2.45, 2.75) is 20.8 Å². The maximum atomic E-state index is 12.4. The van der Waals surface area contributed by atoms with Gasteiger partial charge in [0.1, 0.15) is 11.6 Å². The van der Waals surface area contributed by atoms with Gasteiger partial charge in [0.25, 0.3) is 11.8 Å². The van der Waals surface area contributed by atoms with E-state index in [1.54, 1.807) is 49.6 Å². The molecule has 0 saturated heterocycles. The van der Waals surface area contributed by atoms with Gasteiger partial charge in [0.05, 0.1) is 23.0 Å². The van der Waals surface area contributed by atoms with Crippen LogP contribution in [0.1, 0.15) is 43.6 Å². The van der Waals surface area contributed by atoms with Crippen LogP contribution in [-0.2, 0) is 0 Å². The van der Waals surface area contributed by atoms with E-state index >= 15 is 0 Å². The fourth-order valence-corrected chi connectivity index (χ4v) is 5.41. The van der Waals surface area contributed by atoms with E-state index in [0.29, 0.717) is 57.6 Å². The van der Waals surface area contributed by atoms with Gasteiger partial charge in [-0.15, -0.1) is 20.4 Å². The number of nitriles is 1. The molecule has 6 N–H and O–H groups in total. The summed E-state index contributed by atoms with van der Waals surface area (Å²) in [5.41, 5.74) is 5.75. The molecule has 0 spiro atoms. The molecule has 0 aliphatic heterocycles. The average molecular weight is 776 g/mol. The molecule has 0 bridgehead atoms. The fraction of sp³-hybridized carbons (Fsp3) is 0.125. The van der Waals surface area contributed by atoms with Crippen molar-refractivity contribution in [1.82, 2.24) is 51.1 Å². The molecule has 2 amide bonds. The molecule has 2 aromatic carbocycles. The van der Waals surface area contributed by atoms with Crippen molar-refractivity contribution in [1.29, 1.82) is 5.26 Å². The number of amides is 2. The highest BCUT2D eigenvalue weighted by molar-refractivity contribution is 5.99. The Balaban J connectivity index is 0.000000198. The number of carbonyl (C=O) groups is 2. The highest BCUT2D eigenvalue weighted by atomic mass is 16.5. The molecule has 18 nitrogen and oxygen atoms in total. The van der Waals surface area contributed by atoms with Crippen LogP contribution in [0.4, 0.5) is 46.0 Å². The molecule has 5 aromatic heterocycles. The number of carbonyl (C=O) groups excluding carboxylic acids is 2. The molecule has 58 heavy (non-hydrogen) atoms. The largest absolute Gasteiger partial charge is 0.354 e. The molecule has 0 aliphatic carbocycles. The summed E-state index contributed by atoms with van der Waals surface area (Å²) in [6.07, 6.45) is 3.33. The number of hydrogen-bond acceptors (Lipinski definition) is 16. The Morgan fingerprint density at radius 2 is 1.14 bits per heavy atom. The van der Waals surface area contributed by atoms with Gasteiger partial charge in [-0.3, -0.25) is 9.59 Å². The van der Waals surface area contributed by atoms with Crippen LogP contribution in [0.2, 0.25) is 0 Å². The van der Waals surface area contributed by atoms with Crippen LogP contribution in [-0.4, -0.2) is 66.4 Å². The van der Waals surface area contributed by atoms with Gasteiger partial charge in [-0.05, 0) is 67.4 Å². The van der Waals surface area contributed by atoms with Gasteiger partial charge in [-0.2, -0.15) is 10.2 Å². The van der Waals surface area contributed by atoms with Crippen molar-refractivity contribution in [3.05, 3.63) is 131 Å². The molecular weight excluding hydrogens is 739 g/mol. The lowest BCUT2D eigenvalue weighted by Gasteiger charge is -2.15. The summed E-state index contributed by atoms with van der Waals surface area (Å²) >= 11 is 0. The number of aromatic nitrogens is 8. The molecule has 7 aromatic rings. The van der Waals surface area contributed by atoms with E-state index in [-0.39, 0.29) is 23.2 Å². The number of anilines is 8. The summed E-state index contributed by atoms with van der Waals surface area (Å²) in [5.74, 6) is 2.34. The van der Waals surface area contributed by atoms with Crippen molar-refractivity contribution in [3.8, 4) is 17.5 Å². The maximum absolute atomic E-state index is 12.4. The van der Waals surface area contributed by atoms with Crippen LogP contribution in [0.25, 0.3) is 11.4 Å². The number of aryl methyl sites for hydroxylation is 1. The molecule has 0 atom stereocenters. The minimum absolute atomic E-state index is 0.144. The first-order valence-electron chi connectivity index (χ1n) is 17.7. The quantitative estimate of drug-likeness (QED) is 0.0846. The Labute approximate surface area is 332 Å². The summed E-state index contributed by atoms with van der Waals surface area (Å²) in [6.45, 7) is 5.51. The van der Waals surface area contributed by atoms with Gasteiger partial charge in [0, 0.05) is 62.5 Å². The predicted molar refractivity (Wildman–Crippen MR) is 218 cm³/mol. The topological polar surface area (TPSA) is 246 Å². The van der Waals surface area contributed by atoms with Crippen molar-refractivity contribution < 1.29 is 14.1 Å². The number of rotatable bonds is 11. The first-order chi connectivity index (χ1) is 28.2. The molecule has 0 saturated carbocycles. The monoisotopic (exact) mass is 775 g/mol. The molecular formula is C40H37N15O3. The first-order valence-corrected chi connectivity index (χ1v) is 17.7. The lowest BCUT2D eigenvalue weighted by atomic mass is 10.1. The Kier molecular flexibility index (Phi) is 12.4. The molecule has 5 heterocycles. The van der Waals surface area contributed by atoms with Crippen LogP contribution in [0, 0.1) is 32.1 Å². The third kappa shape index (κ3) is 9.48. The van der Waals surface area contributed by atoms with E-state index in [0.717, 1.165) is 22.4 Å². The molecule has 18 heteroatoms. The molecule has 0 unspecified atom stereocenters. The van der Waals surface area contributed by atoms with Gasteiger partial charge in [0.2, 0.25) is 11.7 Å². The Morgan fingerprint density at radius 3 is 1.60 bits per heavy atom. The predicted octanol–water partition coefficient (Wildman–Crippen LogP) is 6.28. The Hall–Kier alpha value is -8.33. The van der Waals surface area contributed by atoms with Crippen molar-refractivity contribution in [3.63, 3.8) is 0 Å². The Morgan fingerprint density at radius 1 is 0.603 bits per heavy atom. The van der Waals surface area contributed by atoms with Crippen molar-refractivity contribution >= 4 is 57.8 Å². The second kappa shape index (κ2) is 18.3. The normalized spacial score (nSPS) is 10.3. The zero-order valence-corrected chi connectivity index (χ0v) is 32.0. The summed E-state index contributed by atoms with van der Waals surface area (Å²) in [5, 5.41) is 47.2. The molecule has 0 fully saturated rings. The molecule has 7 rings (SSSR count). The van der Waals surface area contributed by atoms with Crippen LogP contribution < -0.4 is 31.9 Å². The minimum Gasteiger partial charge on any atom is -0.354 e. The lowest BCUT2D eigenvalue weighted by Crippen LogP contribution is -2.21. The summed E-state index contributed by atoms with van der Waals surface area (Å²) in [4.78, 5) is 37.2. The van der Waals surface area contributed by atoms with E-state index in [2.05, 4.69) is 78.5 Å². The third-order valence-corrected chi connectivity index (χ3v) is 8.41. The standard InChI is InChI=1S/C21H20N8O2.C19H17N7O/c1-12-14(20-24-13(2)31-29-20)7-6-8-15(12)25-16-11-18(26-17-9-4-5-10-23-17)27-28-19(16)21(30)22-3;1-12-13(11-20)6-5-7-14(12)23-15-10-17(24-16-8-3-4-9-22-16)25-26-18(15)19(27)21-2/h4-11H,1-3H3,(H,22,30)(H2,23,25,26,27);3-10H,1-2H3,(H,21,27)(H2,22,23,24,25). The number of benzene rings is 2.